The van der Waals surface area contributed by atoms with Gasteiger partial charge in [0.25, 0.3) is 0 Å². The van der Waals surface area contributed by atoms with Gasteiger partial charge in [0, 0.05) is 81.2 Å². The van der Waals surface area contributed by atoms with Crippen molar-refractivity contribution in [3.05, 3.63) is 82.0 Å². The summed E-state index contributed by atoms with van der Waals surface area (Å²) < 4.78 is 57.3. The van der Waals surface area contributed by atoms with Gasteiger partial charge in [-0.05, 0) is 155 Å². The first-order chi connectivity index (χ1) is 36.9. The second-order valence-electron chi connectivity index (χ2n) is 22.3. The third-order valence-corrected chi connectivity index (χ3v) is 17.6. The predicted octanol–water partition coefficient (Wildman–Crippen LogP) is 7.24. The Hall–Kier alpha value is -6.68. The minimum absolute atomic E-state index is 0.00320. The Morgan fingerprint density at radius 3 is 2.21 bits per heavy atom. The number of nitrogens with one attached hydrogen (secondary N) is 2. The Bertz CT molecular complexity index is 3340. The number of likely N-dealkylation sites (tertiary alicyclic amines) is 2. The maximum atomic E-state index is 17.1. The second-order valence-corrected chi connectivity index (χ2v) is 22.3. The summed E-state index contributed by atoms with van der Waals surface area (Å²) >= 11 is 0. The topological polar surface area (TPSA) is 153 Å². The number of rotatable bonds is 12. The summed E-state index contributed by atoms with van der Waals surface area (Å²) in [4.78, 5) is 56.7. The molecule has 2 aromatic heterocycles. The van der Waals surface area contributed by atoms with Gasteiger partial charge in [-0.1, -0.05) is 18.1 Å². The molecular formula is C58H65F3N10O5. The fourth-order valence-corrected chi connectivity index (χ4v) is 13.6. The van der Waals surface area contributed by atoms with Crippen molar-refractivity contribution < 1.29 is 32.6 Å². The summed E-state index contributed by atoms with van der Waals surface area (Å²) in [5.74, 6) is 2.27. The van der Waals surface area contributed by atoms with Crippen LogP contribution in [0.25, 0.3) is 43.8 Å². The summed E-state index contributed by atoms with van der Waals surface area (Å²) in [7, 11) is 1.53. The molecule has 3 unspecified atom stereocenters. The van der Waals surface area contributed by atoms with Crippen LogP contribution in [-0.4, -0.2) is 130 Å². The van der Waals surface area contributed by atoms with E-state index in [2.05, 4.69) is 41.1 Å². The maximum absolute atomic E-state index is 17.1. The first kappa shape index (κ1) is 50.2. The highest BCUT2D eigenvalue weighted by molar-refractivity contribution is 6.04. The molecule has 2 amide bonds. The third-order valence-electron chi connectivity index (χ3n) is 17.6. The number of terminal acetylenes is 1. The van der Waals surface area contributed by atoms with Crippen molar-refractivity contribution >= 4 is 56.0 Å². The lowest BCUT2D eigenvalue weighted by atomic mass is 9.82. The van der Waals surface area contributed by atoms with E-state index in [0.717, 1.165) is 97.4 Å². The van der Waals surface area contributed by atoms with E-state index in [9.17, 15) is 19.5 Å². The minimum Gasteiger partial charge on any atom is -0.508 e. The molecule has 2 bridgehead atoms. The molecule has 15 nitrogen and oxygen atoms in total. The molecule has 0 aliphatic carbocycles. The summed E-state index contributed by atoms with van der Waals surface area (Å²) in [6.07, 6.45) is 16.0. The lowest BCUT2D eigenvalue weighted by Crippen LogP contribution is -2.51. The number of hydrogen-bond donors (Lipinski definition) is 3. The number of amides is 2. The van der Waals surface area contributed by atoms with Crippen molar-refractivity contribution in [2.75, 3.05) is 81.9 Å². The predicted molar refractivity (Wildman–Crippen MR) is 286 cm³/mol. The molecule has 0 saturated carbocycles. The van der Waals surface area contributed by atoms with Crippen LogP contribution in [0.4, 0.5) is 24.7 Å². The average molecular weight is 1040 g/mol. The zero-order valence-corrected chi connectivity index (χ0v) is 43.0. The highest BCUT2D eigenvalue weighted by Crippen LogP contribution is 2.41. The molecule has 6 aliphatic heterocycles. The van der Waals surface area contributed by atoms with E-state index >= 15 is 13.2 Å². The SMILES string of the molecule is C#Cc1c(F)ccc2cc(O)cc(-c3ccc4c(N5CC6CCC(C5)N6)nc(OCCN5CCC(CN6CCC(CC7CCN(c8ccc9c(c8F)n(C)c(=O)n9C8CCC(=O)NC8=O)CC7)CC6)CC5)nc4c3F)c12. The number of benzene rings is 4. The van der Waals surface area contributed by atoms with E-state index < -0.39 is 35.1 Å². The molecule has 76 heavy (non-hydrogen) atoms. The molecule has 3 atom stereocenters. The molecule has 4 aromatic carbocycles. The number of piperazine rings is 1. The third kappa shape index (κ3) is 9.52. The molecule has 0 radical (unpaired) electrons. The standard InChI is InChI=1S/C58H65F3N10O5/c1-3-41-45(59)9-4-37-29-40(72)30-44(50(37)41)42-7-8-43-53(51(42)60)64-57(65-55(43)70-32-38-5-6-39(33-70)62-38)76-27-26-67-20-16-36(17-21-67)31-68-22-14-34(15-23-68)28-35-18-24-69(25-19-35)46-10-11-47-54(52(46)61)66(2)58(75)71(47)48-12-13-49(73)63-56(48)74/h1,4,7-11,29-30,34-36,38-39,48,62,72H,5-6,12-28,31-33H2,2H3,(H,63,73,74). The molecule has 6 fully saturated rings. The quantitative estimate of drug-likeness (QED) is 0.0838. The van der Waals surface area contributed by atoms with Gasteiger partial charge < -0.3 is 29.9 Å². The number of aryl methyl sites for hydroxylation is 1. The Morgan fingerprint density at radius 2 is 1.49 bits per heavy atom. The number of nitrogens with zero attached hydrogens (tertiary/aromatic N) is 8. The number of aromatic nitrogens is 4. The van der Waals surface area contributed by atoms with Gasteiger partial charge in [0.05, 0.1) is 16.8 Å². The summed E-state index contributed by atoms with van der Waals surface area (Å²) in [5.41, 5.74) is 1.04. The zero-order chi connectivity index (χ0) is 52.4. The summed E-state index contributed by atoms with van der Waals surface area (Å²) in [6, 6.07) is 12.5. The van der Waals surface area contributed by atoms with Gasteiger partial charge in [-0.3, -0.25) is 28.9 Å². The molecule has 6 saturated heterocycles. The first-order valence-corrected chi connectivity index (χ1v) is 27.4. The smallest absolute Gasteiger partial charge is 0.329 e. The summed E-state index contributed by atoms with van der Waals surface area (Å²) in [5, 5.41) is 18.1. The average Bonchev–Trinajstić information content (AvgIpc) is 3.98. The molecule has 0 spiro atoms. The van der Waals surface area contributed by atoms with E-state index in [0.29, 0.717) is 76.2 Å². The molecule has 18 heteroatoms. The first-order valence-electron chi connectivity index (χ1n) is 27.4. The monoisotopic (exact) mass is 1040 g/mol. The molecule has 6 aromatic rings. The lowest BCUT2D eigenvalue weighted by Gasteiger charge is -2.39. The second kappa shape index (κ2) is 20.7. The van der Waals surface area contributed by atoms with E-state index in [1.807, 2.05) is 0 Å². The normalized spacial score (nSPS) is 22.5. The number of anilines is 2. The van der Waals surface area contributed by atoms with Crippen molar-refractivity contribution in [3.63, 3.8) is 0 Å². The van der Waals surface area contributed by atoms with Crippen LogP contribution in [0.15, 0.2) is 53.3 Å². The van der Waals surface area contributed by atoms with E-state index in [-0.39, 0.29) is 58.2 Å². The Kier molecular flexibility index (Phi) is 13.7. The number of aromatic hydroxyl groups is 1. The number of hydrogen-bond acceptors (Lipinski definition) is 12. The van der Waals surface area contributed by atoms with Gasteiger partial charge in [0.1, 0.15) is 41.1 Å². The van der Waals surface area contributed by atoms with Crippen molar-refractivity contribution in [1.82, 2.24) is 39.5 Å². The number of ether oxygens (including phenoxy) is 1. The highest BCUT2D eigenvalue weighted by atomic mass is 19.1. The highest BCUT2D eigenvalue weighted by Gasteiger charge is 2.36. The number of halogens is 3. The number of imide groups is 1. The van der Waals surface area contributed by atoms with Crippen LogP contribution >= 0.6 is 0 Å². The van der Waals surface area contributed by atoms with Crippen molar-refractivity contribution in [3.8, 4) is 35.2 Å². The van der Waals surface area contributed by atoms with Crippen LogP contribution in [0.3, 0.4) is 0 Å². The van der Waals surface area contributed by atoms with Crippen LogP contribution in [0.5, 0.6) is 11.8 Å². The van der Waals surface area contributed by atoms with Crippen LogP contribution in [0, 0.1) is 47.5 Å². The van der Waals surface area contributed by atoms with Gasteiger partial charge in [-0.2, -0.15) is 9.97 Å². The fraction of sp³-hybridized carbons (Fsp3) is 0.500. The number of carbonyl (C=O) groups excluding carboxylic acids is 2. The molecular weight excluding hydrogens is 974 g/mol. The number of piperidine rings is 4. The zero-order valence-electron chi connectivity index (χ0n) is 43.0. The van der Waals surface area contributed by atoms with Crippen molar-refractivity contribution in [1.29, 1.82) is 0 Å². The van der Waals surface area contributed by atoms with Gasteiger partial charge in [0.15, 0.2) is 11.6 Å². The van der Waals surface area contributed by atoms with E-state index in [1.165, 1.54) is 59.7 Å². The van der Waals surface area contributed by atoms with Gasteiger partial charge in [-0.15, -0.1) is 6.42 Å². The van der Waals surface area contributed by atoms with E-state index in [1.54, 1.807) is 24.3 Å². The van der Waals surface area contributed by atoms with Crippen molar-refractivity contribution in [2.45, 2.75) is 88.8 Å². The van der Waals surface area contributed by atoms with Gasteiger partial charge >= 0.3 is 11.7 Å². The Balaban J connectivity index is 0.628. The Labute approximate surface area is 439 Å². The van der Waals surface area contributed by atoms with Crippen LogP contribution in [0.1, 0.15) is 82.2 Å². The number of imidazole rings is 1. The molecule has 8 heterocycles. The van der Waals surface area contributed by atoms with Crippen LogP contribution in [0.2, 0.25) is 0 Å². The Morgan fingerprint density at radius 1 is 0.776 bits per heavy atom. The molecule has 6 aliphatic rings. The molecule has 3 N–H and O–H groups in total. The largest absolute Gasteiger partial charge is 0.508 e. The number of fused-ring (bicyclic) bond motifs is 5. The van der Waals surface area contributed by atoms with Gasteiger partial charge in [0.2, 0.25) is 11.8 Å². The number of carbonyl (C=O) groups is 2. The number of phenolic OH excluding ortho intramolecular Hbond substituents is 1. The van der Waals surface area contributed by atoms with E-state index in [4.69, 9.17) is 16.1 Å². The number of phenols is 1. The minimum atomic E-state index is -0.858. The molecule has 398 valence electrons. The van der Waals surface area contributed by atoms with Gasteiger partial charge in [-0.25, -0.2) is 18.0 Å². The summed E-state index contributed by atoms with van der Waals surface area (Å²) in [6.45, 7) is 9.25. The molecule has 12 rings (SSSR count). The maximum Gasteiger partial charge on any atom is 0.329 e. The van der Waals surface area contributed by atoms with Crippen molar-refractivity contribution in [2.24, 2.45) is 24.8 Å². The van der Waals surface area contributed by atoms with Crippen LogP contribution in [-0.2, 0) is 16.6 Å². The fourth-order valence-electron chi connectivity index (χ4n) is 13.6. The van der Waals surface area contributed by atoms with Crippen LogP contribution < -0.4 is 30.9 Å². The lowest BCUT2D eigenvalue weighted by molar-refractivity contribution is -0.135.